The normalized spacial score (nSPS) is 11.2. The van der Waals surface area contributed by atoms with Gasteiger partial charge in [0.2, 0.25) is 0 Å². The minimum Gasteiger partial charge on any atom is -0.496 e. The van der Waals surface area contributed by atoms with E-state index in [0.717, 1.165) is 16.9 Å². The Morgan fingerprint density at radius 2 is 2.11 bits per heavy atom. The van der Waals surface area contributed by atoms with Gasteiger partial charge in [0, 0.05) is 6.54 Å². The van der Waals surface area contributed by atoms with Gasteiger partial charge in [0.15, 0.2) is 0 Å². The minimum absolute atomic E-state index is 0.367. The number of hydrogen-bond donors (Lipinski definition) is 2. The van der Waals surface area contributed by atoms with Crippen LogP contribution in [0.1, 0.15) is 25.0 Å². The summed E-state index contributed by atoms with van der Waals surface area (Å²) in [4.78, 5) is 11.5. The molecule has 0 aliphatic rings. The van der Waals surface area contributed by atoms with Crippen LogP contribution in [0.3, 0.4) is 0 Å². The maximum Gasteiger partial charge on any atom is 0.251 e. The van der Waals surface area contributed by atoms with Gasteiger partial charge in [-0.3, -0.25) is 4.79 Å². The van der Waals surface area contributed by atoms with E-state index < -0.39 is 5.60 Å². The molecule has 0 fully saturated rings. The van der Waals surface area contributed by atoms with Gasteiger partial charge in [-0.05, 0) is 38.8 Å². The van der Waals surface area contributed by atoms with Crippen molar-refractivity contribution in [3.8, 4) is 5.75 Å². The van der Waals surface area contributed by atoms with Gasteiger partial charge in [0.1, 0.15) is 11.4 Å². The highest BCUT2D eigenvalue weighted by atomic mass is 16.5. The third-order valence-electron chi connectivity index (χ3n) is 2.67. The first-order valence-corrected chi connectivity index (χ1v) is 5.99. The van der Waals surface area contributed by atoms with Crippen LogP contribution in [0, 0.1) is 6.92 Å². The number of ether oxygens (including phenoxy) is 1. The van der Waals surface area contributed by atoms with Gasteiger partial charge in [0.05, 0.1) is 7.11 Å². The molecule has 0 bridgehead atoms. The van der Waals surface area contributed by atoms with Crippen LogP contribution < -0.4 is 10.1 Å². The molecular weight excluding hydrogens is 230 g/mol. The largest absolute Gasteiger partial charge is 0.496 e. The number of nitrogens with one attached hydrogen (secondary N) is 1. The van der Waals surface area contributed by atoms with Crippen molar-refractivity contribution in [2.24, 2.45) is 0 Å². The highest BCUT2D eigenvalue weighted by molar-refractivity contribution is 5.83. The Bertz CT molecular complexity index is 422. The van der Waals surface area contributed by atoms with Crippen molar-refractivity contribution in [1.82, 2.24) is 5.32 Å². The summed E-state index contributed by atoms with van der Waals surface area (Å²) in [5.74, 6) is 0.451. The fourth-order valence-corrected chi connectivity index (χ4v) is 1.63. The van der Waals surface area contributed by atoms with Gasteiger partial charge in [-0.25, -0.2) is 0 Å². The van der Waals surface area contributed by atoms with Gasteiger partial charge in [-0.15, -0.1) is 0 Å². The summed E-state index contributed by atoms with van der Waals surface area (Å²) in [5.41, 5.74) is 0.865. The molecule has 0 aromatic heterocycles. The Balaban J connectivity index is 2.59. The van der Waals surface area contributed by atoms with E-state index >= 15 is 0 Å². The molecule has 0 saturated heterocycles. The van der Waals surface area contributed by atoms with Gasteiger partial charge >= 0.3 is 0 Å². The number of hydrogen-bond acceptors (Lipinski definition) is 3. The Morgan fingerprint density at radius 3 is 2.67 bits per heavy atom. The lowest BCUT2D eigenvalue weighted by Crippen LogP contribution is -2.42. The molecule has 18 heavy (non-hydrogen) atoms. The second-order valence-electron chi connectivity index (χ2n) is 4.88. The number of aryl methyl sites for hydroxylation is 1. The van der Waals surface area contributed by atoms with Gasteiger partial charge in [-0.1, -0.05) is 17.7 Å². The third kappa shape index (κ3) is 4.04. The Labute approximate surface area is 108 Å². The first-order chi connectivity index (χ1) is 8.34. The molecule has 0 spiro atoms. The second-order valence-corrected chi connectivity index (χ2v) is 4.88. The lowest BCUT2D eigenvalue weighted by atomic mass is 10.1. The molecule has 1 aromatic carbocycles. The minimum atomic E-state index is -1.34. The SMILES string of the molecule is COc1ccc(C)cc1CCNC(=O)C(C)(C)O. The Morgan fingerprint density at radius 1 is 1.44 bits per heavy atom. The van der Waals surface area contributed by atoms with Crippen molar-refractivity contribution >= 4 is 5.91 Å². The lowest BCUT2D eigenvalue weighted by molar-refractivity contribution is -0.136. The summed E-state index contributed by atoms with van der Waals surface area (Å²) < 4.78 is 5.26. The molecule has 0 atom stereocenters. The second kappa shape index (κ2) is 5.87. The first-order valence-electron chi connectivity index (χ1n) is 5.99. The smallest absolute Gasteiger partial charge is 0.251 e. The van der Waals surface area contributed by atoms with Crippen molar-refractivity contribution in [3.63, 3.8) is 0 Å². The van der Waals surface area contributed by atoms with Gasteiger partial charge < -0.3 is 15.2 Å². The van der Waals surface area contributed by atoms with Crippen LogP contribution >= 0.6 is 0 Å². The summed E-state index contributed by atoms with van der Waals surface area (Å²) in [6, 6.07) is 5.94. The molecule has 4 heteroatoms. The van der Waals surface area contributed by atoms with E-state index in [4.69, 9.17) is 4.74 Å². The molecule has 0 aliphatic heterocycles. The van der Waals surface area contributed by atoms with Crippen LogP contribution in [-0.2, 0) is 11.2 Å². The van der Waals surface area contributed by atoms with Crippen molar-refractivity contribution in [2.75, 3.05) is 13.7 Å². The number of benzene rings is 1. The zero-order valence-electron chi connectivity index (χ0n) is 11.4. The predicted molar refractivity (Wildman–Crippen MR) is 70.7 cm³/mol. The monoisotopic (exact) mass is 251 g/mol. The van der Waals surface area contributed by atoms with Crippen LogP contribution in [-0.4, -0.2) is 30.3 Å². The molecule has 0 aliphatic carbocycles. The number of carbonyl (C=O) groups excluding carboxylic acids is 1. The Hall–Kier alpha value is -1.55. The molecule has 2 N–H and O–H groups in total. The number of aliphatic hydroxyl groups is 1. The lowest BCUT2D eigenvalue weighted by Gasteiger charge is -2.17. The molecule has 1 aromatic rings. The summed E-state index contributed by atoms with van der Waals surface area (Å²) in [6.07, 6.45) is 0.673. The fraction of sp³-hybridized carbons (Fsp3) is 0.500. The molecule has 0 radical (unpaired) electrons. The number of amides is 1. The topological polar surface area (TPSA) is 58.6 Å². The summed E-state index contributed by atoms with van der Waals surface area (Å²) in [7, 11) is 1.63. The average Bonchev–Trinajstić information content (AvgIpc) is 2.28. The van der Waals surface area contributed by atoms with Crippen LogP contribution in [0.2, 0.25) is 0 Å². The van der Waals surface area contributed by atoms with Crippen LogP contribution in [0.15, 0.2) is 18.2 Å². The maximum atomic E-state index is 11.5. The van der Waals surface area contributed by atoms with E-state index in [1.807, 2.05) is 25.1 Å². The quantitative estimate of drug-likeness (QED) is 0.832. The number of carbonyl (C=O) groups is 1. The third-order valence-corrected chi connectivity index (χ3v) is 2.67. The molecular formula is C14H21NO3. The molecule has 1 rings (SSSR count). The van der Waals surface area contributed by atoms with Crippen molar-refractivity contribution in [2.45, 2.75) is 32.8 Å². The predicted octanol–water partition coefficient (Wildman–Crippen LogP) is 1.43. The number of methoxy groups -OCH3 is 1. The summed E-state index contributed by atoms with van der Waals surface area (Å²) in [5, 5.41) is 12.2. The van der Waals surface area contributed by atoms with Gasteiger partial charge in [-0.2, -0.15) is 0 Å². The summed E-state index contributed by atoms with van der Waals surface area (Å²) in [6.45, 7) is 5.42. The van der Waals surface area contributed by atoms with Crippen molar-refractivity contribution in [1.29, 1.82) is 0 Å². The van der Waals surface area contributed by atoms with E-state index in [2.05, 4.69) is 5.32 Å². The van der Waals surface area contributed by atoms with Crippen LogP contribution in [0.4, 0.5) is 0 Å². The molecule has 0 heterocycles. The van der Waals surface area contributed by atoms with E-state index in [9.17, 15) is 9.90 Å². The Kier molecular flexibility index (Phi) is 4.73. The van der Waals surface area contributed by atoms with E-state index in [0.29, 0.717) is 13.0 Å². The molecule has 0 saturated carbocycles. The van der Waals surface area contributed by atoms with E-state index in [1.165, 1.54) is 13.8 Å². The maximum absolute atomic E-state index is 11.5. The molecule has 0 unspecified atom stereocenters. The summed E-state index contributed by atoms with van der Waals surface area (Å²) >= 11 is 0. The fourth-order valence-electron chi connectivity index (χ4n) is 1.63. The van der Waals surface area contributed by atoms with E-state index in [-0.39, 0.29) is 5.91 Å². The first kappa shape index (κ1) is 14.5. The van der Waals surface area contributed by atoms with Crippen molar-refractivity contribution < 1.29 is 14.6 Å². The molecule has 4 nitrogen and oxygen atoms in total. The van der Waals surface area contributed by atoms with Crippen LogP contribution in [0.5, 0.6) is 5.75 Å². The average molecular weight is 251 g/mol. The van der Waals surface area contributed by atoms with E-state index in [1.54, 1.807) is 7.11 Å². The molecule has 1 amide bonds. The molecule has 100 valence electrons. The highest BCUT2D eigenvalue weighted by Gasteiger charge is 2.22. The standard InChI is InChI=1S/C14H21NO3/c1-10-5-6-12(18-4)11(9-10)7-8-15-13(16)14(2,3)17/h5-6,9,17H,7-8H2,1-4H3,(H,15,16). The van der Waals surface area contributed by atoms with Gasteiger partial charge in [0.25, 0.3) is 5.91 Å². The van der Waals surface area contributed by atoms with Crippen LogP contribution in [0.25, 0.3) is 0 Å². The zero-order valence-corrected chi connectivity index (χ0v) is 11.4. The van der Waals surface area contributed by atoms with Crippen molar-refractivity contribution in [3.05, 3.63) is 29.3 Å². The number of rotatable bonds is 5. The zero-order chi connectivity index (χ0) is 13.8. The highest BCUT2D eigenvalue weighted by Crippen LogP contribution is 2.19.